The molecule has 1 fully saturated rings. The second-order valence-corrected chi connectivity index (χ2v) is 5.19. The van der Waals surface area contributed by atoms with Crippen LogP contribution in [0.15, 0.2) is 25.3 Å². The summed E-state index contributed by atoms with van der Waals surface area (Å²) in [7, 11) is 0. The SMILES string of the molecule is C=CCN(CC=C)C(=O)CCO[C@@H]1O[C@H](CO)[C@@H](O)[C@H](O)[C@H]1O. The first-order valence-electron chi connectivity index (χ1n) is 7.37. The Kier molecular flexibility index (Phi) is 8.38. The fourth-order valence-corrected chi connectivity index (χ4v) is 2.22. The number of rotatable bonds is 9. The smallest absolute Gasteiger partial charge is 0.225 e. The molecule has 0 aliphatic carbocycles. The third-order valence-electron chi connectivity index (χ3n) is 3.50. The highest BCUT2D eigenvalue weighted by molar-refractivity contribution is 5.76. The van der Waals surface area contributed by atoms with Crippen LogP contribution in [-0.2, 0) is 14.3 Å². The van der Waals surface area contributed by atoms with Gasteiger partial charge in [-0.1, -0.05) is 12.2 Å². The minimum absolute atomic E-state index is 0.0384. The van der Waals surface area contributed by atoms with Crippen LogP contribution in [0.5, 0.6) is 0 Å². The molecule has 1 heterocycles. The highest BCUT2D eigenvalue weighted by Gasteiger charge is 2.43. The van der Waals surface area contributed by atoms with Crippen molar-refractivity contribution in [3.63, 3.8) is 0 Å². The number of aliphatic hydroxyl groups is 4. The minimum Gasteiger partial charge on any atom is -0.394 e. The highest BCUT2D eigenvalue weighted by Crippen LogP contribution is 2.22. The molecule has 1 saturated heterocycles. The van der Waals surface area contributed by atoms with Crippen LogP contribution in [0.4, 0.5) is 0 Å². The zero-order chi connectivity index (χ0) is 17.4. The Morgan fingerprint density at radius 1 is 1.13 bits per heavy atom. The van der Waals surface area contributed by atoms with Crippen LogP contribution >= 0.6 is 0 Å². The molecule has 1 aliphatic heterocycles. The summed E-state index contributed by atoms with van der Waals surface area (Å²) < 4.78 is 10.4. The molecule has 23 heavy (non-hydrogen) atoms. The van der Waals surface area contributed by atoms with Crippen LogP contribution in [0, 0.1) is 0 Å². The molecule has 1 aliphatic rings. The van der Waals surface area contributed by atoms with E-state index in [-0.39, 0.29) is 18.9 Å². The second-order valence-electron chi connectivity index (χ2n) is 5.19. The molecule has 0 saturated carbocycles. The lowest BCUT2D eigenvalue weighted by Gasteiger charge is -2.39. The van der Waals surface area contributed by atoms with E-state index in [1.165, 1.54) is 4.90 Å². The highest BCUT2D eigenvalue weighted by atomic mass is 16.7. The lowest BCUT2D eigenvalue weighted by molar-refractivity contribution is -0.300. The van der Waals surface area contributed by atoms with E-state index in [4.69, 9.17) is 14.6 Å². The summed E-state index contributed by atoms with van der Waals surface area (Å²) in [5.74, 6) is -0.186. The third-order valence-corrected chi connectivity index (χ3v) is 3.50. The number of hydrogen-bond acceptors (Lipinski definition) is 7. The van der Waals surface area contributed by atoms with Crippen LogP contribution in [0.2, 0.25) is 0 Å². The zero-order valence-electron chi connectivity index (χ0n) is 13.0. The predicted octanol–water partition coefficient (Wildman–Crippen LogP) is -1.61. The van der Waals surface area contributed by atoms with Gasteiger partial charge in [0.15, 0.2) is 6.29 Å². The van der Waals surface area contributed by atoms with Gasteiger partial charge in [0.1, 0.15) is 24.4 Å². The van der Waals surface area contributed by atoms with Crippen molar-refractivity contribution in [3.8, 4) is 0 Å². The molecule has 132 valence electrons. The predicted molar refractivity (Wildman–Crippen MR) is 81.3 cm³/mol. The maximum atomic E-state index is 12.0. The number of carbonyl (C=O) groups is 1. The Morgan fingerprint density at radius 2 is 1.74 bits per heavy atom. The third kappa shape index (κ3) is 5.38. The van der Waals surface area contributed by atoms with Gasteiger partial charge in [-0.3, -0.25) is 4.79 Å². The van der Waals surface area contributed by atoms with Crippen molar-refractivity contribution in [2.24, 2.45) is 0 Å². The monoisotopic (exact) mass is 331 g/mol. The summed E-state index contributed by atoms with van der Waals surface area (Å²) in [6.45, 7) is 7.33. The van der Waals surface area contributed by atoms with Gasteiger partial charge in [-0.2, -0.15) is 0 Å². The average Bonchev–Trinajstić information content (AvgIpc) is 2.54. The van der Waals surface area contributed by atoms with Crippen molar-refractivity contribution in [1.82, 2.24) is 4.90 Å². The first-order valence-corrected chi connectivity index (χ1v) is 7.37. The summed E-state index contributed by atoms with van der Waals surface area (Å²) in [6, 6.07) is 0. The molecule has 0 aromatic rings. The first kappa shape index (κ1) is 19.8. The lowest BCUT2D eigenvalue weighted by Crippen LogP contribution is -2.59. The zero-order valence-corrected chi connectivity index (χ0v) is 13.0. The van der Waals surface area contributed by atoms with E-state index in [9.17, 15) is 20.1 Å². The molecule has 5 atom stereocenters. The Morgan fingerprint density at radius 3 is 2.26 bits per heavy atom. The molecule has 0 spiro atoms. The molecule has 8 nitrogen and oxygen atoms in total. The molecule has 0 aromatic carbocycles. The molecular formula is C15H25NO7. The standard InChI is InChI=1S/C15H25NO7/c1-3-6-16(7-4-2)11(18)5-8-22-15-14(21)13(20)12(19)10(9-17)23-15/h3-4,10,12-15,17,19-21H,1-2,5-9H2/t10-,12-,13+,14-,15-/m1/s1. The number of carbonyl (C=O) groups excluding carboxylic acids is 1. The Balaban J connectivity index is 2.48. The number of ether oxygens (including phenoxy) is 2. The Bertz CT molecular complexity index is 391. The van der Waals surface area contributed by atoms with Crippen molar-refractivity contribution in [1.29, 1.82) is 0 Å². The molecule has 1 amide bonds. The molecule has 4 N–H and O–H groups in total. The van der Waals surface area contributed by atoms with Crippen LogP contribution in [0.3, 0.4) is 0 Å². The summed E-state index contributed by atoms with van der Waals surface area (Å²) >= 11 is 0. The second kappa shape index (κ2) is 9.76. The molecular weight excluding hydrogens is 306 g/mol. The van der Waals surface area contributed by atoms with Gasteiger partial charge in [0.05, 0.1) is 19.6 Å². The van der Waals surface area contributed by atoms with E-state index in [1.54, 1.807) is 12.2 Å². The summed E-state index contributed by atoms with van der Waals surface area (Å²) in [4.78, 5) is 13.5. The molecule has 0 bridgehead atoms. The van der Waals surface area contributed by atoms with Gasteiger partial charge in [-0.25, -0.2) is 0 Å². The van der Waals surface area contributed by atoms with E-state index in [0.29, 0.717) is 13.1 Å². The van der Waals surface area contributed by atoms with Crippen LogP contribution in [-0.4, -0.2) is 88.2 Å². The summed E-state index contributed by atoms with van der Waals surface area (Å²) in [6.07, 6.45) is -3.44. The number of aliphatic hydroxyl groups excluding tert-OH is 4. The van der Waals surface area contributed by atoms with Gasteiger partial charge in [0.2, 0.25) is 5.91 Å². The van der Waals surface area contributed by atoms with Crippen molar-refractivity contribution in [2.75, 3.05) is 26.3 Å². The minimum atomic E-state index is -1.50. The van der Waals surface area contributed by atoms with Crippen LogP contribution < -0.4 is 0 Å². The average molecular weight is 331 g/mol. The molecule has 1 rings (SSSR count). The summed E-state index contributed by atoms with van der Waals surface area (Å²) in [5.41, 5.74) is 0. The maximum Gasteiger partial charge on any atom is 0.225 e. The van der Waals surface area contributed by atoms with Gasteiger partial charge in [-0.05, 0) is 0 Å². The van der Waals surface area contributed by atoms with Crippen molar-refractivity contribution in [3.05, 3.63) is 25.3 Å². The van der Waals surface area contributed by atoms with Crippen molar-refractivity contribution >= 4 is 5.91 Å². The maximum absolute atomic E-state index is 12.0. The largest absolute Gasteiger partial charge is 0.394 e. The van der Waals surface area contributed by atoms with Crippen LogP contribution in [0.25, 0.3) is 0 Å². The van der Waals surface area contributed by atoms with E-state index in [2.05, 4.69) is 13.2 Å². The van der Waals surface area contributed by atoms with Crippen molar-refractivity contribution in [2.45, 2.75) is 37.1 Å². The van der Waals surface area contributed by atoms with Gasteiger partial charge < -0.3 is 34.8 Å². The molecule has 0 aromatic heterocycles. The molecule has 0 unspecified atom stereocenters. The Labute approximate surface area is 135 Å². The number of nitrogens with zero attached hydrogens (tertiary/aromatic N) is 1. The van der Waals surface area contributed by atoms with Gasteiger partial charge in [0.25, 0.3) is 0 Å². The van der Waals surface area contributed by atoms with Crippen LogP contribution in [0.1, 0.15) is 6.42 Å². The fourth-order valence-electron chi connectivity index (χ4n) is 2.22. The fraction of sp³-hybridized carbons (Fsp3) is 0.667. The van der Waals surface area contributed by atoms with E-state index >= 15 is 0 Å². The topological polar surface area (TPSA) is 120 Å². The number of amides is 1. The van der Waals surface area contributed by atoms with E-state index in [1.807, 2.05) is 0 Å². The Hall–Kier alpha value is -1.29. The van der Waals surface area contributed by atoms with E-state index < -0.39 is 37.3 Å². The van der Waals surface area contributed by atoms with Crippen molar-refractivity contribution < 1.29 is 34.7 Å². The molecule has 8 heteroatoms. The van der Waals surface area contributed by atoms with Gasteiger partial charge >= 0.3 is 0 Å². The van der Waals surface area contributed by atoms with E-state index in [0.717, 1.165) is 0 Å². The lowest BCUT2D eigenvalue weighted by atomic mass is 9.99. The van der Waals surface area contributed by atoms with Gasteiger partial charge in [-0.15, -0.1) is 13.2 Å². The number of hydrogen-bond donors (Lipinski definition) is 4. The normalized spacial score (nSPS) is 30.7. The van der Waals surface area contributed by atoms with Gasteiger partial charge in [0, 0.05) is 13.1 Å². The molecule has 0 radical (unpaired) electrons. The first-order chi connectivity index (χ1) is 11.0. The quantitative estimate of drug-likeness (QED) is 0.375. The summed E-state index contributed by atoms with van der Waals surface area (Å²) in [5, 5.41) is 38.2.